The second-order valence-electron chi connectivity index (χ2n) is 10.5. The number of nitrogens with two attached hydrogens (primary N) is 2. The van der Waals surface area contributed by atoms with E-state index in [9.17, 15) is 24.0 Å². The van der Waals surface area contributed by atoms with Crippen molar-refractivity contribution in [2.24, 2.45) is 22.8 Å². The second-order valence-corrected chi connectivity index (χ2v) is 10.5. The lowest BCUT2D eigenvalue weighted by Gasteiger charge is -2.56. The molecular weight excluding hydrogens is 428 g/mol. The van der Waals surface area contributed by atoms with Crippen molar-refractivity contribution in [2.75, 3.05) is 13.6 Å². The molecule has 0 aromatic heterocycles. The summed E-state index contributed by atoms with van der Waals surface area (Å²) >= 11 is 0. The summed E-state index contributed by atoms with van der Waals surface area (Å²) in [6.07, 6.45) is 6.65. The van der Waals surface area contributed by atoms with Crippen LogP contribution >= 0.6 is 0 Å². The first kappa shape index (κ1) is 21.7. The molecule has 5 N–H and O–H groups in total. The normalized spacial score (nSPS) is 34.8. The molecule has 2 saturated heterocycles. The number of rotatable bonds is 3. The molecule has 11 heteroatoms. The first-order chi connectivity index (χ1) is 15.6. The van der Waals surface area contributed by atoms with Gasteiger partial charge in [-0.1, -0.05) is 6.42 Å². The molecule has 0 radical (unpaired) electrons. The lowest BCUT2D eigenvalue weighted by molar-refractivity contribution is -0.143. The van der Waals surface area contributed by atoms with Crippen LogP contribution in [0.15, 0.2) is 11.4 Å². The van der Waals surface area contributed by atoms with Crippen molar-refractivity contribution in [3.8, 4) is 0 Å². The number of imide groups is 3. The fourth-order valence-corrected chi connectivity index (χ4v) is 6.36. The fraction of sp³-hybridized carbons (Fsp3) is 0.682. The van der Waals surface area contributed by atoms with Gasteiger partial charge in [0, 0.05) is 19.6 Å². The van der Waals surface area contributed by atoms with E-state index in [0.29, 0.717) is 25.7 Å². The average Bonchev–Trinajstić information content (AvgIpc) is 2.91. The zero-order valence-corrected chi connectivity index (χ0v) is 18.8. The molecule has 3 aliphatic carbocycles. The first-order valence-corrected chi connectivity index (χ1v) is 11.6. The van der Waals surface area contributed by atoms with Crippen molar-refractivity contribution in [1.29, 1.82) is 0 Å². The van der Waals surface area contributed by atoms with Gasteiger partial charge in [0.25, 0.3) is 17.7 Å². The molecule has 5 fully saturated rings. The van der Waals surface area contributed by atoms with Crippen LogP contribution in [-0.2, 0) is 14.4 Å². The fourth-order valence-electron chi connectivity index (χ4n) is 6.36. The number of amides is 7. The molecule has 0 atom stereocenters. The summed E-state index contributed by atoms with van der Waals surface area (Å²) in [4.78, 5) is 67.1. The molecule has 2 heterocycles. The van der Waals surface area contributed by atoms with Gasteiger partial charge < -0.3 is 16.8 Å². The van der Waals surface area contributed by atoms with Crippen molar-refractivity contribution in [3.63, 3.8) is 0 Å². The Morgan fingerprint density at radius 1 is 1.00 bits per heavy atom. The Labute approximate surface area is 191 Å². The Kier molecular flexibility index (Phi) is 4.74. The van der Waals surface area contributed by atoms with Crippen molar-refractivity contribution in [1.82, 2.24) is 20.0 Å². The van der Waals surface area contributed by atoms with E-state index in [-0.39, 0.29) is 47.3 Å². The number of carbonyl (C=O) groups excluding carboxylic acids is 5. The van der Waals surface area contributed by atoms with E-state index in [1.165, 1.54) is 11.9 Å². The highest BCUT2D eigenvalue weighted by atomic mass is 16.2. The highest BCUT2D eigenvalue weighted by Gasteiger charge is 2.64. The lowest BCUT2D eigenvalue weighted by atomic mass is 9.51. The van der Waals surface area contributed by atoms with Crippen molar-refractivity contribution >= 4 is 29.8 Å². The van der Waals surface area contributed by atoms with Gasteiger partial charge >= 0.3 is 12.1 Å². The quantitative estimate of drug-likeness (QED) is 0.312. The van der Waals surface area contributed by atoms with Crippen molar-refractivity contribution in [3.05, 3.63) is 11.4 Å². The predicted octanol–water partition coefficient (Wildman–Crippen LogP) is 0.350. The summed E-state index contributed by atoms with van der Waals surface area (Å²) in [5.74, 6) is -1.75. The molecule has 5 aliphatic rings. The van der Waals surface area contributed by atoms with Crippen LogP contribution < -0.4 is 16.8 Å². The van der Waals surface area contributed by atoms with Gasteiger partial charge in [-0.05, 0) is 62.7 Å². The number of carbonyl (C=O) groups is 5. The van der Waals surface area contributed by atoms with Crippen LogP contribution in [0.5, 0.6) is 0 Å². The molecule has 0 unspecified atom stereocenters. The summed E-state index contributed by atoms with van der Waals surface area (Å²) in [6.45, 7) is 0.271. The number of nitrogens with zero attached hydrogens (tertiary/aromatic N) is 3. The Balaban J connectivity index is 1.30. The Morgan fingerprint density at radius 2 is 1.64 bits per heavy atom. The Morgan fingerprint density at radius 3 is 2.12 bits per heavy atom. The minimum atomic E-state index is -0.814. The Hall–Kier alpha value is -3.11. The lowest BCUT2D eigenvalue weighted by Crippen LogP contribution is -2.65. The summed E-state index contributed by atoms with van der Waals surface area (Å²) < 4.78 is 0. The molecule has 7 amide bonds. The van der Waals surface area contributed by atoms with E-state index < -0.39 is 23.4 Å². The van der Waals surface area contributed by atoms with Crippen molar-refractivity contribution in [2.45, 2.75) is 69.4 Å². The second kappa shape index (κ2) is 7.19. The van der Waals surface area contributed by atoms with Crippen LogP contribution in [0.1, 0.15) is 57.8 Å². The van der Waals surface area contributed by atoms with Gasteiger partial charge in [-0.15, -0.1) is 0 Å². The zero-order valence-electron chi connectivity index (χ0n) is 18.8. The minimum Gasteiger partial charge on any atom is -0.385 e. The molecule has 33 heavy (non-hydrogen) atoms. The van der Waals surface area contributed by atoms with Gasteiger partial charge in [0.2, 0.25) is 0 Å². The zero-order chi connectivity index (χ0) is 23.7. The van der Waals surface area contributed by atoms with Crippen LogP contribution in [0.3, 0.4) is 0 Å². The van der Waals surface area contributed by atoms with Gasteiger partial charge in [-0.3, -0.25) is 29.1 Å². The number of hydrogen-bond acceptors (Lipinski definition) is 7. The van der Waals surface area contributed by atoms with E-state index in [2.05, 4.69) is 5.32 Å². The monoisotopic (exact) mass is 458 g/mol. The summed E-state index contributed by atoms with van der Waals surface area (Å²) in [7, 11) is 1.48. The largest absolute Gasteiger partial charge is 0.385 e. The first-order valence-electron chi connectivity index (χ1n) is 11.6. The van der Waals surface area contributed by atoms with E-state index >= 15 is 0 Å². The molecule has 2 spiro atoms. The maximum absolute atomic E-state index is 13.3. The molecule has 11 nitrogen and oxygen atoms in total. The third kappa shape index (κ3) is 3.12. The van der Waals surface area contributed by atoms with Gasteiger partial charge in [-0.2, -0.15) is 0 Å². The van der Waals surface area contributed by atoms with E-state index in [4.69, 9.17) is 11.5 Å². The van der Waals surface area contributed by atoms with Crippen LogP contribution in [0, 0.1) is 11.3 Å². The number of barbiturate groups is 1. The van der Waals surface area contributed by atoms with Crippen LogP contribution in [-0.4, -0.2) is 69.7 Å². The number of hydrogen-bond donors (Lipinski definition) is 3. The maximum atomic E-state index is 13.3. The van der Waals surface area contributed by atoms with E-state index in [0.717, 1.165) is 41.9 Å². The van der Waals surface area contributed by atoms with Crippen LogP contribution in [0.25, 0.3) is 0 Å². The van der Waals surface area contributed by atoms with Crippen LogP contribution in [0.4, 0.5) is 9.59 Å². The summed E-state index contributed by atoms with van der Waals surface area (Å²) in [6, 6.07) is -1.33. The molecule has 5 rings (SSSR count). The molecule has 178 valence electrons. The third-order valence-electron chi connectivity index (χ3n) is 8.38. The summed E-state index contributed by atoms with van der Waals surface area (Å²) in [5, 5.41) is 2.83. The smallest absolute Gasteiger partial charge is 0.334 e. The topological polar surface area (TPSA) is 159 Å². The molecule has 3 saturated carbocycles. The minimum absolute atomic E-state index is 0.0977. The average molecular weight is 459 g/mol. The molecule has 0 bridgehead atoms. The standard InChI is InChI=1S/C22H30N6O5/c1-26-18(31)22(25-19(26)32)10-21(11-22)7-5-13(6-8-21)28-17(30)14(15(23)24)16(29)27(20(28)33)9-12-3-2-4-12/h12-13H,2-11,23-24H2,1H3,(H,25,32). The van der Waals surface area contributed by atoms with E-state index in [1.54, 1.807) is 0 Å². The highest BCUT2D eigenvalue weighted by Crippen LogP contribution is 2.58. The predicted molar refractivity (Wildman–Crippen MR) is 115 cm³/mol. The van der Waals surface area contributed by atoms with Crippen molar-refractivity contribution < 1.29 is 24.0 Å². The Bertz CT molecular complexity index is 981. The molecule has 0 aromatic carbocycles. The van der Waals surface area contributed by atoms with Gasteiger partial charge in [0.15, 0.2) is 0 Å². The third-order valence-corrected chi connectivity index (χ3v) is 8.38. The number of likely N-dealkylation sites (N-methyl/N-ethyl adjacent to an activating group) is 1. The van der Waals surface area contributed by atoms with Crippen LogP contribution in [0.2, 0.25) is 0 Å². The summed E-state index contributed by atoms with van der Waals surface area (Å²) in [5.41, 5.74) is 10.1. The number of nitrogens with one attached hydrogen (secondary N) is 1. The molecule has 0 aromatic rings. The molecular formula is C22H30N6O5. The van der Waals surface area contributed by atoms with E-state index in [1.807, 2.05) is 0 Å². The van der Waals surface area contributed by atoms with Gasteiger partial charge in [0.05, 0.1) is 0 Å². The maximum Gasteiger partial charge on any atom is 0.334 e. The SMILES string of the molecule is CN1C(=O)NC2(CC3(CCC(N4C(=O)C(=C(N)N)C(=O)N(CC5CCC5)C4=O)CC3)C2)C1=O. The van der Waals surface area contributed by atoms with Gasteiger partial charge in [0.1, 0.15) is 16.9 Å². The molecule has 2 aliphatic heterocycles. The number of urea groups is 2. The van der Waals surface area contributed by atoms with Gasteiger partial charge in [-0.25, -0.2) is 9.59 Å². The highest BCUT2D eigenvalue weighted by molar-refractivity contribution is 6.29.